The van der Waals surface area contributed by atoms with Crippen molar-refractivity contribution in [3.63, 3.8) is 0 Å². The van der Waals surface area contributed by atoms with Crippen LogP contribution in [0.15, 0.2) is 94.7 Å². The summed E-state index contributed by atoms with van der Waals surface area (Å²) in [6.45, 7) is -0.259. The second-order valence-corrected chi connectivity index (χ2v) is 13.2. The molecule has 2 aliphatic rings. The molecule has 1 saturated heterocycles. The Bertz CT molecular complexity index is 2110. The maximum atomic E-state index is 14.2. The lowest BCUT2D eigenvalue weighted by Crippen LogP contribution is -2.33. The van der Waals surface area contributed by atoms with Crippen molar-refractivity contribution >= 4 is 63.0 Å². The van der Waals surface area contributed by atoms with Gasteiger partial charge in [-0.2, -0.15) is 0 Å². The van der Waals surface area contributed by atoms with Crippen LogP contribution in [0, 0.1) is 5.92 Å². The summed E-state index contributed by atoms with van der Waals surface area (Å²) in [7, 11) is 4.59. The highest BCUT2D eigenvalue weighted by Gasteiger charge is 2.57. The number of fused-ring (bicyclic) bond motifs is 3. The second-order valence-electron chi connectivity index (χ2n) is 11.1. The van der Waals surface area contributed by atoms with Crippen LogP contribution in [0.4, 0.5) is 11.4 Å². The van der Waals surface area contributed by atoms with Crippen LogP contribution in [-0.4, -0.2) is 48.9 Å². The third kappa shape index (κ3) is 5.33. The van der Waals surface area contributed by atoms with Crippen LogP contribution < -0.4 is 29.3 Å². The maximum absolute atomic E-state index is 14.2. The number of imide groups is 1. The van der Waals surface area contributed by atoms with Gasteiger partial charge in [-0.25, -0.2) is 4.90 Å². The predicted octanol–water partition coefficient (Wildman–Crippen LogP) is 5.52. The second kappa shape index (κ2) is 12.3. The van der Waals surface area contributed by atoms with Crippen molar-refractivity contribution in [2.45, 2.75) is 22.7 Å². The van der Waals surface area contributed by atoms with Crippen molar-refractivity contribution in [1.82, 2.24) is 4.57 Å². The molecular weight excluding hydrogens is 639 g/mol. The molecule has 1 N–H and O–H groups in total. The zero-order chi connectivity index (χ0) is 32.8. The van der Waals surface area contributed by atoms with E-state index in [-0.39, 0.29) is 23.2 Å². The van der Waals surface area contributed by atoms with Crippen LogP contribution in [0.5, 0.6) is 17.2 Å². The highest BCUT2D eigenvalue weighted by atomic mass is 32.2. The molecule has 10 nitrogen and oxygen atoms in total. The Morgan fingerprint density at radius 3 is 2.28 bits per heavy atom. The van der Waals surface area contributed by atoms with Gasteiger partial charge in [0.2, 0.25) is 17.7 Å². The summed E-state index contributed by atoms with van der Waals surface area (Å²) in [4.78, 5) is 56.6. The fraction of sp³-hybridized carbons (Fsp3) is 0.200. The van der Waals surface area contributed by atoms with Crippen molar-refractivity contribution in [3.05, 3.63) is 105 Å². The number of amides is 3. The number of nitrogens with zero attached hydrogens (tertiary/aromatic N) is 2. The van der Waals surface area contributed by atoms with E-state index in [0.717, 1.165) is 33.9 Å². The Morgan fingerprint density at radius 2 is 1.55 bits per heavy atom. The van der Waals surface area contributed by atoms with E-state index >= 15 is 0 Å². The molecule has 4 aromatic carbocycles. The number of hydrogen-bond acceptors (Lipinski definition) is 9. The molecule has 1 fully saturated rings. The third-order valence-corrected chi connectivity index (χ3v) is 11.1. The zero-order valence-electron chi connectivity index (χ0n) is 25.6. The molecule has 238 valence electrons. The van der Waals surface area contributed by atoms with E-state index in [1.165, 1.54) is 23.7 Å². The van der Waals surface area contributed by atoms with Gasteiger partial charge in [0.15, 0.2) is 11.5 Å². The maximum Gasteiger partial charge on any atom is 0.308 e. The first-order valence-electron chi connectivity index (χ1n) is 14.7. The van der Waals surface area contributed by atoms with E-state index in [2.05, 4.69) is 5.32 Å². The molecule has 0 radical (unpaired) electrons. The van der Waals surface area contributed by atoms with Gasteiger partial charge in [0.05, 0.1) is 38.0 Å². The van der Waals surface area contributed by atoms with Gasteiger partial charge in [-0.1, -0.05) is 59.5 Å². The average Bonchev–Trinajstić information content (AvgIpc) is 3.53. The number of hydrogen-bond donors (Lipinski definition) is 1. The molecule has 0 aliphatic carbocycles. The Hall–Kier alpha value is -5.07. The molecule has 3 atom stereocenters. The van der Waals surface area contributed by atoms with Crippen LogP contribution in [0.3, 0.4) is 0 Å². The minimum Gasteiger partial charge on any atom is -0.497 e. The molecule has 3 amide bonds. The van der Waals surface area contributed by atoms with E-state index in [1.807, 2.05) is 48.5 Å². The molecule has 7 rings (SSSR count). The number of carbonyl (C=O) groups excluding carboxylic acids is 3. The Kier molecular flexibility index (Phi) is 7.98. The van der Waals surface area contributed by atoms with E-state index < -0.39 is 23.0 Å². The van der Waals surface area contributed by atoms with Crippen LogP contribution in [0.2, 0.25) is 0 Å². The number of nitrogens with one attached hydrogen (secondary N) is 1. The van der Waals surface area contributed by atoms with E-state index in [0.29, 0.717) is 44.1 Å². The highest BCUT2D eigenvalue weighted by Crippen LogP contribution is 2.54. The van der Waals surface area contributed by atoms with Crippen LogP contribution >= 0.6 is 23.1 Å². The Morgan fingerprint density at radius 1 is 0.809 bits per heavy atom. The topological polar surface area (TPSA) is 116 Å². The Balaban J connectivity index is 1.28. The lowest BCUT2D eigenvalue weighted by Gasteiger charge is -2.31. The number of anilines is 2. The summed E-state index contributed by atoms with van der Waals surface area (Å²) in [5.41, 5.74) is 1.72. The molecule has 1 aromatic heterocycles. The van der Waals surface area contributed by atoms with Gasteiger partial charge in [0.25, 0.3) is 0 Å². The van der Waals surface area contributed by atoms with Crippen LogP contribution in [0.1, 0.15) is 16.4 Å². The molecule has 2 aliphatic heterocycles. The van der Waals surface area contributed by atoms with Gasteiger partial charge in [0.1, 0.15) is 17.5 Å². The minimum atomic E-state index is -0.834. The molecule has 3 heterocycles. The summed E-state index contributed by atoms with van der Waals surface area (Å²) >= 11 is 2.14. The number of benzene rings is 4. The van der Waals surface area contributed by atoms with Gasteiger partial charge in [0, 0.05) is 16.5 Å². The molecule has 5 aromatic rings. The van der Waals surface area contributed by atoms with Gasteiger partial charge in [-0.05, 0) is 64.9 Å². The van der Waals surface area contributed by atoms with Gasteiger partial charge in [-0.3, -0.25) is 23.7 Å². The van der Waals surface area contributed by atoms with E-state index in [4.69, 9.17) is 14.2 Å². The number of thioether (sulfide) groups is 1. The lowest BCUT2D eigenvalue weighted by atomic mass is 9.83. The van der Waals surface area contributed by atoms with Crippen LogP contribution in [0.25, 0.3) is 10.8 Å². The zero-order valence-corrected chi connectivity index (χ0v) is 27.2. The number of methoxy groups -OCH3 is 3. The Labute approximate surface area is 277 Å². The molecular formula is C35H29N3O7S2. The van der Waals surface area contributed by atoms with Crippen molar-refractivity contribution in [1.29, 1.82) is 0 Å². The normalized spacial score (nSPS) is 18.5. The fourth-order valence-electron chi connectivity index (χ4n) is 6.26. The van der Waals surface area contributed by atoms with Crippen LogP contribution in [-0.2, 0) is 20.9 Å². The molecule has 0 spiro atoms. The standard InChI is InChI=1S/C35H29N3O7S2/c1-43-24-13-11-23(12-14-24)38-32(40)29-28(21-9-15-25(44-2)26(17-21)45-3)31-34(46-30(29)33(38)41)37(35(42)47-31)18-27(39)36-22-10-8-19-6-4-5-7-20(19)16-22/h4-17,28-30H,18H2,1-3H3,(H,36,39). The van der Waals surface area contributed by atoms with Gasteiger partial charge in [-0.15, -0.1) is 0 Å². The van der Waals surface area contributed by atoms with Crippen molar-refractivity contribution < 1.29 is 28.6 Å². The molecule has 0 bridgehead atoms. The van der Waals surface area contributed by atoms with Crippen molar-refractivity contribution in [3.8, 4) is 17.2 Å². The monoisotopic (exact) mass is 667 g/mol. The first-order chi connectivity index (χ1) is 22.8. The fourth-order valence-corrected chi connectivity index (χ4v) is 9.03. The van der Waals surface area contributed by atoms with Gasteiger partial charge >= 0.3 is 4.87 Å². The number of thiazole rings is 1. The largest absolute Gasteiger partial charge is 0.497 e. The average molecular weight is 668 g/mol. The smallest absolute Gasteiger partial charge is 0.308 e. The van der Waals surface area contributed by atoms with E-state index in [9.17, 15) is 19.2 Å². The SMILES string of the molecule is COc1ccc(N2C(=O)C3Sc4c(sc(=O)n4CC(=O)Nc4ccc5ccccc5c4)C(c4ccc(OC)c(OC)c4)C3C2=O)cc1. The molecule has 0 saturated carbocycles. The van der Waals surface area contributed by atoms with E-state index in [1.54, 1.807) is 43.5 Å². The first kappa shape index (κ1) is 30.6. The summed E-state index contributed by atoms with van der Waals surface area (Å²) < 4.78 is 17.7. The summed E-state index contributed by atoms with van der Waals surface area (Å²) in [5.74, 6) is -1.06. The molecule has 47 heavy (non-hydrogen) atoms. The van der Waals surface area contributed by atoms with Crippen molar-refractivity contribution in [2.24, 2.45) is 5.92 Å². The quantitative estimate of drug-likeness (QED) is 0.215. The molecule has 12 heteroatoms. The molecule has 3 unspecified atom stereocenters. The lowest BCUT2D eigenvalue weighted by molar-refractivity contribution is -0.122. The summed E-state index contributed by atoms with van der Waals surface area (Å²) in [6.07, 6.45) is 0. The minimum absolute atomic E-state index is 0.259. The number of ether oxygens (including phenoxy) is 3. The van der Waals surface area contributed by atoms with Crippen molar-refractivity contribution in [2.75, 3.05) is 31.5 Å². The summed E-state index contributed by atoms with van der Waals surface area (Å²) in [6, 6.07) is 25.5. The van der Waals surface area contributed by atoms with Gasteiger partial charge < -0.3 is 19.5 Å². The predicted molar refractivity (Wildman–Crippen MR) is 181 cm³/mol. The third-order valence-electron chi connectivity index (χ3n) is 8.48. The number of aromatic nitrogens is 1. The summed E-state index contributed by atoms with van der Waals surface area (Å²) in [5, 5.41) is 4.58. The first-order valence-corrected chi connectivity index (χ1v) is 16.4. The highest BCUT2D eigenvalue weighted by molar-refractivity contribution is 8.00. The number of carbonyl (C=O) groups is 3. The number of rotatable bonds is 8.